The standard InChI is InChI=1S/C19H24N2O3/c1-4-24-19(23)18(22)17-16(14-8-5-12(2)6-9-14)20-15-10-7-13(3)11-21(15)17/h5-6,8-9,13,18,22H,4,7,10-11H2,1-3H3/t13-,18+/m1/s1. The van der Waals surface area contributed by atoms with Crippen molar-refractivity contribution in [3.8, 4) is 11.3 Å². The second-order valence-electron chi connectivity index (χ2n) is 6.54. The normalized spacial score (nSPS) is 18.1. The van der Waals surface area contributed by atoms with Gasteiger partial charge < -0.3 is 14.4 Å². The number of hydrogen-bond donors (Lipinski definition) is 1. The van der Waals surface area contributed by atoms with Crippen molar-refractivity contribution in [3.63, 3.8) is 0 Å². The number of esters is 1. The smallest absolute Gasteiger partial charge is 0.341 e. The van der Waals surface area contributed by atoms with E-state index in [1.165, 1.54) is 0 Å². The summed E-state index contributed by atoms with van der Waals surface area (Å²) in [5.74, 6) is 0.805. The number of aromatic nitrogens is 2. The summed E-state index contributed by atoms with van der Waals surface area (Å²) >= 11 is 0. The summed E-state index contributed by atoms with van der Waals surface area (Å²) in [4.78, 5) is 16.9. The number of rotatable bonds is 4. The minimum atomic E-state index is -1.31. The SMILES string of the molecule is CCOC(=O)[C@@H](O)c1c(-c2ccc(C)cc2)nc2n1C[C@H](C)CC2. The van der Waals surface area contributed by atoms with Gasteiger partial charge in [0.2, 0.25) is 0 Å². The summed E-state index contributed by atoms with van der Waals surface area (Å²) in [5, 5.41) is 10.6. The van der Waals surface area contributed by atoms with Crippen LogP contribution in [0.15, 0.2) is 24.3 Å². The number of aryl methyl sites for hydroxylation is 2. The van der Waals surface area contributed by atoms with E-state index in [-0.39, 0.29) is 6.61 Å². The first-order valence-corrected chi connectivity index (χ1v) is 8.52. The molecule has 24 heavy (non-hydrogen) atoms. The molecule has 0 amide bonds. The molecule has 2 atom stereocenters. The summed E-state index contributed by atoms with van der Waals surface area (Å²) in [6, 6.07) is 7.98. The molecule has 1 N–H and O–H groups in total. The van der Waals surface area contributed by atoms with Crippen molar-refractivity contribution in [1.29, 1.82) is 0 Å². The van der Waals surface area contributed by atoms with Crippen molar-refractivity contribution in [2.45, 2.75) is 46.3 Å². The number of fused-ring (bicyclic) bond motifs is 1. The lowest BCUT2D eigenvalue weighted by atomic mass is 10.0. The fourth-order valence-corrected chi connectivity index (χ4v) is 3.22. The molecule has 0 saturated carbocycles. The third kappa shape index (κ3) is 3.08. The average Bonchev–Trinajstić information content (AvgIpc) is 2.93. The van der Waals surface area contributed by atoms with Crippen molar-refractivity contribution < 1.29 is 14.6 Å². The zero-order valence-corrected chi connectivity index (χ0v) is 14.5. The Morgan fingerprint density at radius 2 is 2.12 bits per heavy atom. The first-order valence-electron chi connectivity index (χ1n) is 8.52. The van der Waals surface area contributed by atoms with Gasteiger partial charge in [-0.3, -0.25) is 0 Å². The Bertz CT molecular complexity index is 734. The number of carbonyl (C=O) groups is 1. The van der Waals surface area contributed by atoms with Crippen LogP contribution in [-0.4, -0.2) is 27.2 Å². The second kappa shape index (κ2) is 6.77. The molecule has 1 aromatic heterocycles. The van der Waals surface area contributed by atoms with Crippen molar-refractivity contribution in [3.05, 3.63) is 41.3 Å². The Hall–Kier alpha value is -2.14. The fourth-order valence-electron chi connectivity index (χ4n) is 3.22. The lowest BCUT2D eigenvalue weighted by Crippen LogP contribution is -2.24. The van der Waals surface area contributed by atoms with Crippen molar-refractivity contribution >= 4 is 5.97 Å². The number of ether oxygens (including phenoxy) is 1. The summed E-state index contributed by atoms with van der Waals surface area (Å²) in [5.41, 5.74) is 3.30. The van der Waals surface area contributed by atoms with Gasteiger partial charge in [-0.15, -0.1) is 0 Å². The van der Waals surface area contributed by atoms with E-state index >= 15 is 0 Å². The van der Waals surface area contributed by atoms with Crippen molar-refractivity contribution in [1.82, 2.24) is 9.55 Å². The van der Waals surface area contributed by atoms with Crippen LogP contribution in [0.5, 0.6) is 0 Å². The quantitative estimate of drug-likeness (QED) is 0.876. The highest BCUT2D eigenvalue weighted by molar-refractivity contribution is 5.79. The predicted octanol–water partition coefficient (Wildman–Crippen LogP) is 3.04. The van der Waals surface area contributed by atoms with Gasteiger partial charge in [-0.25, -0.2) is 9.78 Å². The number of nitrogens with zero attached hydrogens (tertiary/aromatic N) is 2. The summed E-state index contributed by atoms with van der Waals surface area (Å²) in [6.45, 7) is 6.94. The van der Waals surface area contributed by atoms with Crippen LogP contribution in [0.4, 0.5) is 0 Å². The van der Waals surface area contributed by atoms with Crippen LogP contribution in [0, 0.1) is 12.8 Å². The number of carbonyl (C=O) groups excluding carboxylic acids is 1. The maximum absolute atomic E-state index is 12.1. The van der Waals surface area contributed by atoms with Crippen molar-refractivity contribution in [2.75, 3.05) is 6.61 Å². The van der Waals surface area contributed by atoms with Gasteiger partial charge in [0.15, 0.2) is 6.10 Å². The molecular formula is C19H24N2O3. The third-order valence-corrected chi connectivity index (χ3v) is 4.53. The minimum Gasteiger partial charge on any atom is -0.464 e. The molecule has 2 heterocycles. The largest absolute Gasteiger partial charge is 0.464 e. The number of aliphatic hydroxyl groups is 1. The Morgan fingerprint density at radius 3 is 2.79 bits per heavy atom. The third-order valence-electron chi connectivity index (χ3n) is 4.53. The lowest BCUT2D eigenvalue weighted by molar-refractivity contribution is -0.153. The van der Waals surface area contributed by atoms with Crippen LogP contribution in [0.1, 0.15) is 43.5 Å². The molecule has 1 aromatic carbocycles. The average molecular weight is 328 g/mol. The molecule has 0 fully saturated rings. The van der Waals surface area contributed by atoms with E-state index in [2.05, 4.69) is 6.92 Å². The molecule has 0 aliphatic carbocycles. The van der Waals surface area contributed by atoms with Crippen LogP contribution < -0.4 is 0 Å². The molecule has 1 aliphatic rings. The Kier molecular flexibility index (Phi) is 4.71. The maximum atomic E-state index is 12.1. The van der Waals surface area contributed by atoms with Crippen LogP contribution in [0.2, 0.25) is 0 Å². The molecule has 3 rings (SSSR count). The van der Waals surface area contributed by atoms with Crippen LogP contribution in [0.3, 0.4) is 0 Å². The van der Waals surface area contributed by atoms with Crippen LogP contribution >= 0.6 is 0 Å². The fraction of sp³-hybridized carbons (Fsp3) is 0.474. The van der Waals surface area contributed by atoms with E-state index in [1.807, 2.05) is 35.8 Å². The Balaban J connectivity index is 2.11. The van der Waals surface area contributed by atoms with E-state index in [0.29, 0.717) is 17.3 Å². The summed E-state index contributed by atoms with van der Waals surface area (Å²) < 4.78 is 7.03. The molecule has 1 aliphatic heterocycles. The minimum absolute atomic E-state index is 0.243. The van der Waals surface area contributed by atoms with Gasteiger partial charge >= 0.3 is 5.97 Å². The van der Waals surface area contributed by atoms with Gasteiger partial charge in [0, 0.05) is 18.5 Å². The monoisotopic (exact) mass is 328 g/mol. The second-order valence-corrected chi connectivity index (χ2v) is 6.54. The molecule has 128 valence electrons. The summed E-state index contributed by atoms with van der Waals surface area (Å²) in [7, 11) is 0. The number of benzene rings is 1. The first-order chi connectivity index (χ1) is 11.5. The van der Waals surface area contributed by atoms with Crippen molar-refractivity contribution in [2.24, 2.45) is 5.92 Å². The van der Waals surface area contributed by atoms with Gasteiger partial charge in [-0.2, -0.15) is 0 Å². The molecule has 0 unspecified atom stereocenters. The van der Waals surface area contributed by atoms with Gasteiger partial charge in [0.05, 0.1) is 18.0 Å². The lowest BCUT2D eigenvalue weighted by Gasteiger charge is -2.23. The highest BCUT2D eigenvalue weighted by atomic mass is 16.5. The van der Waals surface area contributed by atoms with E-state index in [1.54, 1.807) is 6.92 Å². The molecule has 0 saturated heterocycles. The Labute approximate surface area is 142 Å². The number of imidazole rings is 1. The molecule has 0 bridgehead atoms. The van der Waals surface area contributed by atoms with Gasteiger partial charge in [-0.05, 0) is 26.2 Å². The zero-order valence-electron chi connectivity index (χ0n) is 14.5. The van der Waals surface area contributed by atoms with Gasteiger partial charge in [0.25, 0.3) is 0 Å². The predicted molar refractivity (Wildman–Crippen MR) is 91.5 cm³/mol. The van der Waals surface area contributed by atoms with Gasteiger partial charge in [-0.1, -0.05) is 36.8 Å². The van der Waals surface area contributed by atoms with E-state index in [4.69, 9.17) is 9.72 Å². The van der Waals surface area contributed by atoms with E-state index < -0.39 is 12.1 Å². The molecule has 0 spiro atoms. The molecule has 0 radical (unpaired) electrons. The van der Waals surface area contributed by atoms with Crippen LogP contribution in [0.25, 0.3) is 11.3 Å². The highest BCUT2D eigenvalue weighted by Crippen LogP contribution is 2.33. The van der Waals surface area contributed by atoms with Crippen LogP contribution in [-0.2, 0) is 22.5 Å². The Morgan fingerprint density at radius 1 is 1.42 bits per heavy atom. The molecular weight excluding hydrogens is 304 g/mol. The summed E-state index contributed by atoms with van der Waals surface area (Å²) in [6.07, 6.45) is 0.613. The highest BCUT2D eigenvalue weighted by Gasteiger charge is 2.31. The first kappa shape index (κ1) is 16.7. The molecule has 5 heteroatoms. The molecule has 5 nitrogen and oxygen atoms in total. The zero-order chi connectivity index (χ0) is 17.3. The topological polar surface area (TPSA) is 64.3 Å². The maximum Gasteiger partial charge on any atom is 0.341 e. The van der Waals surface area contributed by atoms with E-state index in [0.717, 1.165) is 36.3 Å². The molecule has 2 aromatic rings. The number of aliphatic hydroxyl groups excluding tert-OH is 1. The number of hydrogen-bond acceptors (Lipinski definition) is 4. The van der Waals surface area contributed by atoms with Gasteiger partial charge in [0.1, 0.15) is 5.82 Å². The van der Waals surface area contributed by atoms with E-state index in [9.17, 15) is 9.90 Å².